The van der Waals surface area contributed by atoms with Crippen molar-refractivity contribution in [2.24, 2.45) is 11.7 Å². The molecule has 1 amide bonds. The van der Waals surface area contributed by atoms with Gasteiger partial charge < -0.3 is 14.9 Å². The maximum atomic E-state index is 12.0. The molecule has 3 heterocycles. The van der Waals surface area contributed by atoms with Gasteiger partial charge in [0.2, 0.25) is 5.91 Å². The van der Waals surface area contributed by atoms with Gasteiger partial charge in [-0.25, -0.2) is 0 Å². The predicted molar refractivity (Wildman–Crippen MR) is 89.6 cm³/mol. The van der Waals surface area contributed by atoms with Crippen molar-refractivity contribution in [3.8, 4) is 6.07 Å². The van der Waals surface area contributed by atoms with E-state index in [2.05, 4.69) is 6.07 Å². The van der Waals surface area contributed by atoms with Gasteiger partial charge in [-0.2, -0.15) is 5.26 Å². The number of thiophene rings is 1. The number of ether oxygens (including phenoxy) is 1. The maximum Gasteiger partial charge on any atom is 0.230 e. The number of nitrogens with zero attached hydrogens (tertiary/aromatic N) is 1. The Balaban J connectivity index is 1.85. The lowest BCUT2D eigenvalue weighted by atomic mass is 9.93. The number of hydrogen-bond acceptors (Lipinski definition) is 5. The fourth-order valence-electron chi connectivity index (χ4n) is 2.92. The fourth-order valence-corrected chi connectivity index (χ4v) is 3.71. The van der Waals surface area contributed by atoms with Crippen LogP contribution in [0.3, 0.4) is 0 Å². The van der Waals surface area contributed by atoms with Crippen molar-refractivity contribution in [1.82, 2.24) is 0 Å². The van der Waals surface area contributed by atoms with E-state index in [1.54, 1.807) is 6.07 Å². The fraction of sp³-hybridized carbons (Fsp3) is 0.111. The zero-order valence-corrected chi connectivity index (χ0v) is 13.2. The molecule has 0 saturated heterocycles. The Hall–Kier alpha value is -3.04. The van der Waals surface area contributed by atoms with Crippen LogP contribution < -0.4 is 5.73 Å². The summed E-state index contributed by atoms with van der Waals surface area (Å²) < 4.78 is 11.8. The molecule has 5 nitrogen and oxygen atoms in total. The van der Waals surface area contributed by atoms with E-state index in [1.807, 2.05) is 41.8 Å². The second-order valence-corrected chi connectivity index (χ2v) is 6.42. The summed E-state index contributed by atoms with van der Waals surface area (Å²) in [5.74, 6) is -0.693. The molecule has 0 unspecified atom stereocenters. The van der Waals surface area contributed by atoms with Gasteiger partial charge in [-0.1, -0.05) is 24.3 Å². The minimum atomic E-state index is -0.822. The summed E-state index contributed by atoms with van der Waals surface area (Å²) in [5, 5.41) is 12.4. The lowest BCUT2D eigenvalue weighted by molar-refractivity contribution is -0.122. The van der Waals surface area contributed by atoms with Gasteiger partial charge in [0, 0.05) is 10.3 Å². The Morgan fingerprint density at radius 1 is 1.25 bits per heavy atom. The lowest BCUT2D eigenvalue weighted by Gasteiger charge is -2.15. The molecule has 3 aromatic rings. The number of para-hydroxylation sites is 1. The van der Waals surface area contributed by atoms with Crippen molar-refractivity contribution >= 4 is 34.0 Å². The van der Waals surface area contributed by atoms with E-state index in [9.17, 15) is 10.1 Å². The number of primary amides is 1. The van der Waals surface area contributed by atoms with Gasteiger partial charge in [-0.15, -0.1) is 11.3 Å². The molecule has 0 spiro atoms. The molecule has 0 saturated carbocycles. The van der Waals surface area contributed by atoms with Crippen LogP contribution in [0.2, 0.25) is 0 Å². The summed E-state index contributed by atoms with van der Waals surface area (Å²) in [7, 11) is 0. The summed E-state index contributed by atoms with van der Waals surface area (Å²) in [6, 6.07) is 15.1. The number of nitriles is 1. The Kier molecular flexibility index (Phi) is 3.36. The normalized spacial score (nSPS) is 20.1. The average Bonchev–Trinajstić information content (AvgIpc) is 3.30. The molecule has 6 heteroatoms. The molecule has 2 aromatic heterocycles. The van der Waals surface area contributed by atoms with Crippen molar-refractivity contribution < 1.29 is 13.9 Å². The Morgan fingerprint density at radius 2 is 2.08 bits per heavy atom. The van der Waals surface area contributed by atoms with Gasteiger partial charge in [0.25, 0.3) is 0 Å². The topological polar surface area (TPSA) is 89.2 Å². The van der Waals surface area contributed by atoms with Crippen molar-refractivity contribution in [2.75, 3.05) is 0 Å². The van der Waals surface area contributed by atoms with Crippen LogP contribution in [0.5, 0.6) is 0 Å². The van der Waals surface area contributed by atoms with E-state index in [0.717, 1.165) is 10.3 Å². The molecule has 1 aromatic carbocycles. The smallest absolute Gasteiger partial charge is 0.230 e. The first-order chi connectivity index (χ1) is 11.7. The van der Waals surface area contributed by atoms with E-state index in [1.165, 1.54) is 11.3 Å². The largest absolute Gasteiger partial charge is 0.479 e. The van der Waals surface area contributed by atoms with Gasteiger partial charge in [0.05, 0.1) is 11.6 Å². The third-order valence-electron chi connectivity index (χ3n) is 4.00. The molecule has 0 bridgehead atoms. The third kappa shape index (κ3) is 2.18. The third-order valence-corrected chi connectivity index (χ3v) is 4.94. The molecule has 24 heavy (non-hydrogen) atoms. The van der Waals surface area contributed by atoms with Crippen LogP contribution >= 0.6 is 11.3 Å². The number of rotatable bonds is 3. The summed E-state index contributed by atoms with van der Waals surface area (Å²) >= 11 is 1.46. The predicted octanol–water partition coefficient (Wildman–Crippen LogP) is 3.60. The average molecular weight is 336 g/mol. The summed E-state index contributed by atoms with van der Waals surface area (Å²) in [6.45, 7) is 0. The first-order valence-corrected chi connectivity index (χ1v) is 8.19. The van der Waals surface area contributed by atoms with E-state index in [0.29, 0.717) is 11.3 Å². The highest BCUT2D eigenvalue weighted by Gasteiger charge is 2.43. The number of carbonyl (C=O) groups is 1. The molecule has 0 fully saturated rings. The second-order valence-electron chi connectivity index (χ2n) is 5.44. The van der Waals surface area contributed by atoms with Crippen LogP contribution in [-0.2, 0) is 9.53 Å². The molecule has 2 N–H and O–H groups in total. The molecule has 1 aliphatic rings. The first-order valence-electron chi connectivity index (χ1n) is 7.31. The minimum Gasteiger partial charge on any atom is -0.479 e. The maximum absolute atomic E-state index is 12.0. The van der Waals surface area contributed by atoms with Crippen molar-refractivity contribution in [3.63, 3.8) is 0 Å². The van der Waals surface area contributed by atoms with Gasteiger partial charge in [0.1, 0.15) is 17.6 Å². The molecule has 1 aliphatic heterocycles. The second kappa shape index (κ2) is 5.55. The molecule has 0 radical (unpaired) electrons. The van der Waals surface area contributed by atoms with Crippen LogP contribution in [0.15, 0.2) is 57.8 Å². The molecule has 118 valence electrons. The molecular formula is C18H12N2O3S. The van der Waals surface area contributed by atoms with E-state index in [-0.39, 0.29) is 11.3 Å². The van der Waals surface area contributed by atoms with Crippen LogP contribution in [-0.4, -0.2) is 5.91 Å². The Bertz CT molecular complexity index is 962. The van der Waals surface area contributed by atoms with Crippen LogP contribution in [0, 0.1) is 17.2 Å². The molecule has 4 rings (SSSR count). The Labute approximate surface area is 141 Å². The van der Waals surface area contributed by atoms with E-state index in [4.69, 9.17) is 14.9 Å². The van der Waals surface area contributed by atoms with Gasteiger partial charge in [-0.05, 0) is 23.6 Å². The Morgan fingerprint density at radius 3 is 2.75 bits per heavy atom. The van der Waals surface area contributed by atoms with Gasteiger partial charge in [0.15, 0.2) is 11.5 Å². The number of fused-ring (bicyclic) bond motifs is 1. The summed E-state index contributed by atoms with van der Waals surface area (Å²) in [4.78, 5) is 12.8. The summed E-state index contributed by atoms with van der Waals surface area (Å²) in [6.07, 6.45) is -0.597. The highest BCUT2D eigenvalue weighted by molar-refractivity contribution is 7.10. The highest BCUT2D eigenvalue weighted by Crippen LogP contribution is 2.46. The number of carbonyl (C=O) groups excluding carboxylic acids is 1. The summed E-state index contributed by atoms with van der Waals surface area (Å²) in [5.41, 5.74) is 6.44. The molecule has 0 aliphatic carbocycles. The van der Waals surface area contributed by atoms with Crippen molar-refractivity contribution in [3.05, 3.63) is 64.1 Å². The molecular weight excluding hydrogens is 324 g/mol. The number of furan rings is 1. The van der Waals surface area contributed by atoms with Crippen molar-refractivity contribution in [1.29, 1.82) is 5.26 Å². The number of hydrogen-bond donors (Lipinski definition) is 1. The zero-order valence-electron chi connectivity index (χ0n) is 12.4. The lowest BCUT2D eigenvalue weighted by Crippen LogP contribution is -2.27. The van der Waals surface area contributed by atoms with E-state index >= 15 is 0 Å². The van der Waals surface area contributed by atoms with Crippen LogP contribution in [0.1, 0.15) is 16.7 Å². The zero-order chi connectivity index (χ0) is 16.7. The highest BCUT2D eigenvalue weighted by atomic mass is 32.1. The standard InChI is InChI=1S/C18H12N2O3S/c19-9-11-15(18(20)21)17(14-6-3-7-24-14)23-16(11)13-8-10-4-1-2-5-12(10)22-13/h1-8,15,17H,(H2,20,21)/t15-,17+/m0/s1. The van der Waals surface area contributed by atoms with Crippen LogP contribution in [0.4, 0.5) is 0 Å². The monoisotopic (exact) mass is 336 g/mol. The first kappa shape index (κ1) is 14.5. The van der Waals surface area contributed by atoms with Gasteiger partial charge in [-0.3, -0.25) is 4.79 Å². The van der Waals surface area contributed by atoms with Gasteiger partial charge >= 0.3 is 0 Å². The number of amides is 1. The number of benzene rings is 1. The van der Waals surface area contributed by atoms with Crippen molar-refractivity contribution in [2.45, 2.75) is 6.10 Å². The number of nitrogens with two attached hydrogens (primary N) is 1. The quantitative estimate of drug-likeness (QED) is 0.791. The van der Waals surface area contributed by atoms with Crippen LogP contribution in [0.25, 0.3) is 16.7 Å². The minimum absolute atomic E-state index is 0.208. The molecule has 2 atom stereocenters. The van der Waals surface area contributed by atoms with E-state index < -0.39 is 17.9 Å². The SMILES string of the molecule is N#CC1=C(c2cc3ccccc3o2)O[C@H](c2cccs2)[C@H]1C(N)=O.